The summed E-state index contributed by atoms with van der Waals surface area (Å²) in [5, 5.41) is 12.4. The summed E-state index contributed by atoms with van der Waals surface area (Å²) in [5.74, 6) is -1.40. The molecule has 0 unspecified atom stereocenters. The molecule has 0 amide bonds. The first-order valence-corrected chi connectivity index (χ1v) is 29.7. The van der Waals surface area contributed by atoms with Crippen LogP contribution in [0.2, 0.25) is 60.4 Å². The number of hydrogen-bond donors (Lipinski definition) is 1. The molecule has 0 saturated carbocycles. The van der Waals surface area contributed by atoms with Crippen LogP contribution in [0.15, 0.2) is 42.0 Å². The van der Waals surface area contributed by atoms with Gasteiger partial charge in [0, 0.05) is 33.6 Å². The summed E-state index contributed by atoms with van der Waals surface area (Å²) in [6.07, 6.45) is 1.25. The highest BCUT2D eigenvalue weighted by Gasteiger charge is 2.58. The van der Waals surface area contributed by atoms with E-state index in [4.69, 9.17) is 32.5 Å². The lowest BCUT2D eigenvalue weighted by Crippen LogP contribution is -2.63. The van der Waals surface area contributed by atoms with E-state index >= 15 is 0 Å². The summed E-state index contributed by atoms with van der Waals surface area (Å²) in [6.45, 7) is 40.5. The summed E-state index contributed by atoms with van der Waals surface area (Å²) in [6, 6.07) is 11.2. The van der Waals surface area contributed by atoms with Gasteiger partial charge in [-0.15, -0.1) is 0 Å². The molecular formula is C44H84O8Si3. The van der Waals surface area contributed by atoms with Crippen molar-refractivity contribution in [3.05, 3.63) is 47.5 Å². The van der Waals surface area contributed by atoms with Gasteiger partial charge in [0.15, 0.2) is 8.32 Å². The first-order valence-electron chi connectivity index (χ1n) is 21.0. The lowest BCUT2D eigenvalue weighted by molar-refractivity contribution is -0.353. The van der Waals surface area contributed by atoms with E-state index in [-0.39, 0.29) is 30.1 Å². The molecule has 1 aliphatic heterocycles. The highest BCUT2D eigenvalue weighted by Crippen LogP contribution is 2.48. The molecule has 2 rings (SSSR count). The highest BCUT2D eigenvalue weighted by atomic mass is 28.4. The van der Waals surface area contributed by atoms with E-state index in [0.717, 1.165) is 17.2 Å². The first-order chi connectivity index (χ1) is 25.3. The zero-order valence-corrected chi connectivity index (χ0v) is 41.5. The molecule has 8 nitrogen and oxygen atoms in total. The van der Waals surface area contributed by atoms with Crippen molar-refractivity contribution in [2.75, 3.05) is 33.7 Å². The Hall–Kier alpha value is -0.709. The monoisotopic (exact) mass is 825 g/mol. The van der Waals surface area contributed by atoms with Crippen LogP contribution in [0.5, 0.6) is 0 Å². The van der Waals surface area contributed by atoms with Crippen LogP contribution in [-0.4, -0.2) is 93.7 Å². The lowest BCUT2D eigenvalue weighted by atomic mass is 9.75. The van der Waals surface area contributed by atoms with Crippen molar-refractivity contribution < 1.29 is 37.6 Å². The normalized spacial score (nSPS) is 22.6. The minimum Gasteiger partial charge on any atom is -0.412 e. The third kappa shape index (κ3) is 13.7. The average molecular weight is 825 g/mol. The van der Waals surface area contributed by atoms with E-state index < -0.39 is 42.0 Å². The van der Waals surface area contributed by atoms with E-state index in [9.17, 15) is 5.11 Å². The van der Waals surface area contributed by atoms with Gasteiger partial charge < -0.3 is 37.6 Å². The van der Waals surface area contributed by atoms with Crippen molar-refractivity contribution in [3.63, 3.8) is 0 Å². The molecule has 1 aliphatic rings. The van der Waals surface area contributed by atoms with Crippen molar-refractivity contribution in [2.45, 2.75) is 193 Å². The number of hydrogen-bond acceptors (Lipinski definition) is 8. The van der Waals surface area contributed by atoms with Crippen LogP contribution in [0.25, 0.3) is 0 Å². The molecular weight excluding hydrogens is 741 g/mol. The van der Waals surface area contributed by atoms with Gasteiger partial charge in [-0.2, -0.15) is 0 Å². The quantitative estimate of drug-likeness (QED) is 0.0505. The van der Waals surface area contributed by atoms with Gasteiger partial charge in [-0.25, -0.2) is 0 Å². The van der Waals surface area contributed by atoms with E-state index in [1.165, 1.54) is 0 Å². The third-order valence-electron chi connectivity index (χ3n) is 12.4. The van der Waals surface area contributed by atoms with E-state index in [2.05, 4.69) is 134 Å². The summed E-state index contributed by atoms with van der Waals surface area (Å²) in [5.41, 5.74) is 2.54. The van der Waals surface area contributed by atoms with Gasteiger partial charge in [-0.1, -0.05) is 132 Å². The van der Waals surface area contributed by atoms with Gasteiger partial charge >= 0.3 is 0 Å². The van der Waals surface area contributed by atoms with Crippen molar-refractivity contribution in [1.82, 2.24) is 0 Å². The Labute approximate surface area is 341 Å². The van der Waals surface area contributed by atoms with Crippen molar-refractivity contribution in [2.24, 2.45) is 5.41 Å². The number of benzene rings is 1. The van der Waals surface area contributed by atoms with Crippen LogP contribution in [-0.2, 0) is 39.1 Å². The molecule has 1 saturated heterocycles. The first kappa shape index (κ1) is 50.4. The number of aliphatic hydroxyl groups is 1. The fourth-order valence-corrected chi connectivity index (χ4v) is 15.7. The maximum Gasteiger partial charge on any atom is 0.205 e. The van der Waals surface area contributed by atoms with Crippen molar-refractivity contribution >= 4 is 24.7 Å². The highest BCUT2D eigenvalue weighted by molar-refractivity contribution is 6.77. The summed E-state index contributed by atoms with van der Waals surface area (Å²) < 4.78 is 46.4. The van der Waals surface area contributed by atoms with E-state index in [1.807, 2.05) is 18.2 Å². The summed E-state index contributed by atoms with van der Waals surface area (Å²) in [7, 11) is -3.90. The molecule has 5 atom stereocenters. The molecule has 0 aliphatic carbocycles. The SMILES string of the molecule is CO[C@@]1(C(C)(C)COCc2ccccc2)O[C@H](C[C@@H](OCOCC[Si](C)(C)C)[C@@H](C)O[Si](C)(C)C(C)(C)C)C/C(=C\CO[Si](C(C)C)(C(C)C)C(C)C)[C@H]1O. The molecule has 11 heteroatoms. The molecule has 0 bridgehead atoms. The summed E-state index contributed by atoms with van der Waals surface area (Å²) in [4.78, 5) is 0. The van der Waals surface area contributed by atoms with Crippen molar-refractivity contribution in [1.29, 1.82) is 0 Å². The van der Waals surface area contributed by atoms with Crippen LogP contribution < -0.4 is 0 Å². The van der Waals surface area contributed by atoms with E-state index in [0.29, 0.717) is 55.9 Å². The molecule has 1 aromatic carbocycles. The van der Waals surface area contributed by atoms with Gasteiger partial charge in [0.2, 0.25) is 14.1 Å². The van der Waals surface area contributed by atoms with Crippen LogP contribution in [0, 0.1) is 5.41 Å². The van der Waals surface area contributed by atoms with Crippen LogP contribution in [0.3, 0.4) is 0 Å². The second-order valence-corrected chi connectivity index (χ2v) is 36.2. The standard InChI is InChI=1S/C44H84O8Si3/c1-33(2)55(34(3)4,35(5)6)50-25-24-38-28-39(51-44(46-13,41(38)45)43(11,12)31-48-30-37-22-20-19-21-23-37)29-40(49-32-47-26-27-53(14,15)16)36(7)52-54(17,18)42(8,9)10/h19-24,33-36,39-41,45H,25-32H2,1-18H3/b38-24+/t36-,39+,40-,41-,44-/m1/s1. The molecule has 55 heavy (non-hydrogen) atoms. The predicted molar refractivity (Wildman–Crippen MR) is 236 cm³/mol. The summed E-state index contributed by atoms with van der Waals surface area (Å²) >= 11 is 0. The molecule has 1 aromatic rings. The zero-order chi connectivity index (χ0) is 42.0. The van der Waals surface area contributed by atoms with Crippen LogP contribution in [0.1, 0.15) is 101 Å². The largest absolute Gasteiger partial charge is 0.412 e. The number of aliphatic hydroxyl groups excluding tert-OH is 1. The predicted octanol–water partition coefficient (Wildman–Crippen LogP) is 11.3. The maximum atomic E-state index is 12.4. The Kier molecular flexibility index (Phi) is 19.3. The van der Waals surface area contributed by atoms with E-state index in [1.54, 1.807) is 7.11 Å². The fourth-order valence-electron chi connectivity index (χ4n) is 8.10. The topological polar surface area (TPSA) is 84.8 Å². The second-order valence-electron chi connectivity index (χ2n) is 20.3. The molecule has 0 radical (unpaired) electrons. The minimum absolute atomic E-state index is 0.0382. The number of rotatable bonds is 23. The Morgan fingerprint density at radius 3 is 1.98 bits per heavy atom. The Morgan fingerprint density at radius 1 is 0.891 bits per heavy atom. The van der Waals surface area contributed by atoms with Crippen LogP contribution >= 0.6 is 0 Å². The molecule has 1 N–H and O–H groups in total. The Balaban J connectivity index is 2.55. The average Bonchev–Trinajstić information content (AvgIpc) is 3.05. The molecule has 0 aromatic heterocycles. The Bertz CT molecular complexity index is 1270. The zero-order valence-electron chi connectivity index (χ0n) is 38.5. The van der Waals surface area contributed by atoms with Crippen molar-refractivity contribution in [3.8, 4) is 0 Å². The van der Waals surface area contributed by atoms with Gasteiger partial charge in [-0.3, -0.25) is 0 Å². The van der Waals surface area contributed by atoms with Gasteiger partial charge in [0.05, 0.1) is 38.1 Å². The smallest absolute Gasteiger partial charge is 0.205 e. The van der Waals surface area contributed by atoms with Gasteiger partial charge in [0.25, 0.3) is 0 Å². The molecule has 1 heterocycles. The molecule has 320 valence electrons. The van der Waals surface area contributed by atoms with Crippen LogP contribution in [0.4, 0.5) is 0 Å². The minimum atomic E-state index is -2.15. The van der Waals surface area contributed by atoms with Gasteiger partial charge in [0.1, 0.15) is 12.9 Å². The maximum absolute atomic E-state index is 12.4. The molecule has 0 spiro atoms. The number of methoxy groups -OCH3 is 1. The third-order valence-corrected chi connectivity index (χ3v) is 24.7. The number of ether oxygens (including phenoxy) is 5. The lowest BCUT2D eigenvalue weighted by Gasteiger charge is -2.53. The van der Waals surface area contributed by atoms with Gasteiger partial charge in [-0.05, 0) is 65.3 Å². The molecule has 1 fully saturated rings. The Morgan fingerprint density at radius 2 is 1.47 bits per heavy atom. The second kappa shape index (κ2) is 21.0. The fraction of sp³-hybridized carbons (Fsp3) is 0.818.